The first-order chi connectivity index (χ1) is 11.5. The van der Waals surface area contributed by atoms with E-state index in [1.54, 1.807) is 24.3 Å². The van der Waals surface area contributed by atoms with E-state index >= 15 is 0 Å². The van der Waals surface area contributed by atoms with Crippen LogP contribution in [-0.2, 0) is 6.42 Å². The molecule has 0 saturated heterocycles. The Morgan fingerprint density at radius 3 is 2.58 bits per heavy atom. The molecule has 0 spiro atoms. The largest absolute Gasteiger partial charge is 0.508 e. The fourth-order valence-corrected chi connectivity index (χ4v) is 2.76. The number of phenolic OH excluding ortho intramolecular Hbond substituents is 1. The van der Waals surface area contributed by atoms with Gasteiger partial charge in [0.15, 0.2) is 5.78 Å². The van der Waals surface area contributed by atoms with E-state index < -0.39 is 5.63 Å². The van der Waals surface area contributed by atoms with Gasteiger partial charge in [-0.15, -0.1) is 0 Å². The van der Waals surface area contributed by atoms with Crippen molar-refractivity contribution in [1.82, 2.24) is 0 Å². The maximum Gasteiger partial charge on any atom is 0.336 e. The minimum atomic E-state index is -0.406. The van der Waals surface area contributed by atoms with E-state index in [0.717, 1.165) is 29.4 Å². The summed E-state index contributed by atoms with van der Waals surface area (Å²) in [5.41, 5.74) is 2.52. The van der Waals surface area contributed by atoms with Crippen LogP contribution in [0.3, 0.4) is 0 Å². The van der Waals surface area contributed by atoms with Crippen LogP contribution in [0.15, 0.2) is 57.7 Å². The Morgan fingerprint density at radius 1 is 1.08 bits per heavy atom. The summed E-state index contributed by atoms with van der Waals surface area (Å²) in [6.45, 7) is 1.85. The minimum absolute atomic E-state index is 0.0276. The van der Waals surface area contributed by atoms with Gasteiger partial charge in [0.05, 0.1) is 0 Å². The molecule has 2 aromatic carbocycles. The van der Waals surface area contributed by atoms with Crippen LogP contribution in [0.25, 0.3) is 11.0 Å². The molecule has 0 saturated carbocycles. The number of Topliss-reactive ketones (excluding diaryl/α,β-unsaturated/α-hetero) is 1. The lowest BCUT2D eigenvalue weighted by Gasteiger charge is -2.05. The monoisotopic (exact) mass is 322 g/mol. The van der Waals surface area contributed by atoms with Crippen LogP contribution in [0.5, 0.6) is 5.75 Å². The second-order valence-corrected chi connectivity index (χ2v) is 5.90. The van der Waals surface area contributed by atoms with Gasteiger partial charge in [-0.25, -0.2) is 4.79 Å². The van der Waals surface area contributed by atoms with Crippen molar-refractivity contribution in [1.29, 1.82) is 0 Å². The summed E-state index contributed by atoms with van der Waals surface area (Å²) in [5.74, 6) is 0.266. The number of rotatable bonds is 5. The van der Waals surface area contributed by atoms with Crippen LogP contribution >= 0.6 is 0 Å². The van der Waals surface area contributed by atoms with E-state index in [1.807, 2.05) is 25.1 Å². The molecule has 1 aromatic heterocycles. The van der Waals surface area contributed by atoms with Crippen LogP contribution in [0.4, 0.5) is 0 Å². The highest BCUT2D eigenvalue weighted by Crippen LogP contribution is 2.19. The minimum Gasteiger partial charge on any atom is -0.508 e. The van der Waals surface area contributed by atoms with Crippen LogP contribution in [0, 0.1) is 6.92 Å². The van der Waals surface area contributed by atoms with Crippen LogP contribution in [-0.4, -0.2) is 10.9 Å². The van der Waals surface area contributed by atoms with Crippen LogP contribution in [0.1, 0.15) is 34.3 Å². The lowest BCUT2D eigenvalue weighted by molar-refractivity contribution is 0.0980. The van der Waals surface area contributed by atoms with Gasteiger partial charge in [-0.1, -0.05) is 24.3 Å². The molecule has 0 radical (unpaired) electrons. The number of hydrogen-bond acceptors (Lipinski definition) is 4. The first kappa shape index (κ1) is 16.0. The molecular formula is C20H18O4. The van der Waals surface area contributed by atoms with Crippen molar-refractivity contribution in [3.8, 4) is 5.75 Å². The first-order valence-electron chi connectivity index (χ1n) is 7.88. The molecule has 0 unspecified atom stereocenters. The predicted molar refractivity (Wildman–Crippen MR) is 92.6 cm³/mol. The van der Waals surface area contributed by atoms with Gasteiger partial charge in [0, 0.05) is 23.4 Å². The van der Waals surface area contributed by atoms with Gasteiger partial charge in [0.2, 0.25) is 0 Å². The molecule has 0 amide bonds. The van der Waals surface area contributed by atoms with Gasteiger partial charge in [0.25, 0.3) is 0 Å². The highest BCUT2D eigenvalue weighted by Gasteiger charge is 2.09. The Balaban J connectivity index is 1.69. The third-order valence-electron chi connectivity index (χ3n) is 4.08. The molecule has 0 aliphatic heterocycles. The molecule has 3 rings (SSSR count). The molecule has 122 valence electrons. The van der Waals surface area contributed by atoms with Crippen molar-refractivity contribution in [2.75, 3.05) is 0 Å². The Bertz CT molecular complexity index is 936. The standard InChI is InChI=1S/C20H18O4/c1-13-11-20(23)24-19-12-15(7-10-17(13)19)18(22)4-2-3-14-5-8-16(21)9-6-14/h5-12,21H,2-4H2,1H3. The maximum atomic E-state index is 12.3. The average molecular weight is 322 g/mol. The molecule has 0 bridgehead atoms. The Kier molecular flexibility index (Phi) is 4.47. The van der Waals surface area contributed by atoms with Gasteiger partial charge < -0.3 is 9.52 Å². The highest BCUT2D eigenvalue weighted by atomic mass is 16.4. The molecule has 4 heteroatoms. The van der Waals surface area contributed by atoms with Gasteiger partial charge in [-0.05, 0) is 49.1 Å². The van der Waals surface area contributed by atoms with Gasteiger partial charge in [-0.3, -0.25) is 4.79 Å². The molecule has 0 aliphatic carbocycles. The number of hydrogen-bond donors (Lipinski definition) is 1. The van der Waals surface area contributed by atoms with E-state index in [1.165, 1.54) is 6.07 Å². The van der Waals surface area contributed by atoms with E-state index in [4.69, 9.17) is 4.42 Å². The zero-order valence-corrected chi connectivity index (χ0v) is 13.4. The number of aromatic hydroxyl groups is 1. The van der Waals surface area contributed by atoms with Gasteiger partial charge in [0.1, 0.15) is 11.3 Å². The Morgan fingerprint density at radius 2 is 1.83 bits per heavy atom. The van der Waals surface area contributed by atoms with Crippen molar-refractivity contribution in [2.45, 2.75) is 26.2 Å². The summed E-state index contributed by atoms with van der Waals surface area (Å²) in [7, 11) is 0. The van der Waals surface area contributed by atoms with Crippen LogP contribution in [0.2, 0.25) is 0 Å². The summed E-state index contributed by atoms with van der Waals surface area (Å²) in [5, 5.41) is 10.1. The Labute approximate surface area is 139 Å². The van der Waals surface area contributed by atoms with Crippen molar-refractivity contribution in [3.05, 3.63) is 75.6 Å². The number of phenols is 1. The Hall–Kier alpha value is -2.88. The van der Waals surface area contributed by atoms with Crippen LogP contribution < -0.4 is 5.63 Å². The third-order valence-corrected chi connectivity index (χ3v) is 4.08. The highest BCUT2D eigenvalue weighted by molar-refractivity contribution is 5.99. The van der Waals surface area contributed by atoms with E-state index in [9.17, 15) is 14.7 Å². The lowest BCUT2D eigenvalue weighted by atomic mass is 10.0. The fourth-order valence-electron chi connectivity index (χ4n) is 2.76. The SMILES string of the molecule is Cc1cc(=O)oc2cc(C(=O)CCCc3ccc(O)cc3)ccc12. The second-order valence-electron chi connectivity index (χ2n) is 5.90. The van der Waals surface area contributed by atoms with Crippen molar-refractivity contribution >= 4 is 16.8 Å². The zero-order valence-electron chi connectivity index (χ0n) is 13.4. The molecule has 0 aliphatic rings. The summed E-state index contributed by atoms with van der Waals surface area (Å²) < 4.78 is 5.19. The number of fused-ring (bicyclic) bond motifs is 1. The van der Waals surface area contributed by atoms with E-state index in [0.29, 0.717) is 17.6 Å². The normalized spacial score (nSPS) is 10.9. The summed E-state index contributed by atoms with van der Waals surface area (Å²) in [4.78, 5) is 23.8. The zero-order chi connectivity index (χ0) is 17.1. The number of aryl methyl sites for hydroxylation is 2. The summed E-state index contributed by atoms with van der Waals surface area (Å²) in [6.07, 6.45) is 1.91. The molecule has 4 nitrogen and oxygen atoms in total. The van der Waals surface area contributed by atoms with Crippen molar-refractivity contribution in [2.24, 2.45) is 0 Å². The molecular weight excluding hydrogens is 304 g/mol. The smallest absolute Gasteiger partial charge is 0.336 e. The number of carbonyl (C=O) groups is 1. The quantitative estimate of drug-likeness (QED) is 0.569. The third kappa shape index (κ3) is 3.54. The molecule has 0 fully saturated rings. The second kappa shape index (κ2) is 6.71. The number of ketones is 1. The summed E-state index contributed by atoms with van der Waals surface area (Å²) in [6, 6.07) is 13.7. The van der Waals surface area contributed by atoms with Gasteiger partial charge >= 0.3 is 5.63 Å². The molecule has 24 heavy (non-hydrogen) atoms. The van der Waals surface area contributed by atoms with Crippen molar-refractivity contribution in [3.63, 3.8) is 0 Å². The number of benzene rings is 2. The topological polar surface area (TPSA) is 67.5 Å². The average Bonchev–Trinajstić information content (AvgIpc) is 2.56. The molecule has 0 atom stereocenters. The lowest BCUT2D eigenvalue weighted by Crippen LogP contribution is -2.02. The van der Waals surface area contributed by atoms with Crippen molar-refractivity contribution < 1.29 is 14.3 Å². The first-order valence-corrected chi connectivity index (χ1v) is 7.88. The number of carbonyl (C=O) groups excluding carboxylic acids is 1. The summed E-state index contributed by atoms with van der Waals surface area (Å²) >= 11 is 0. The molecule has 3 aromatic rings. The molecule has 1 heterocycles. The maximum absolute atomic E-state index is 12.3. The predicted octanol–water partition coefficient (Wildman–Crippen LogP) is 4.01. The van der Waals surface area contributed by atoms with E-state index in [2.05, 4.69) is 0 Å². The van der Waals surface area contributed by atoms with E-state index in [-0.39, 0.29) is 11.5 Å². The van der Waals surface area contributed by atoms with Gasteiger partial charge in [-0.2, -0.15) is 0 Å². The molecule has 1 N–H and O–H groups in total. The fraction of sp³-hybridized carbons (Fsp3) is 0.200.